The molecule has 2 aromatic rings. The van der Waals surface area contributed by atoms with E-state index in [2.05, 4.69) is 0 Å². The number of hydrogen-bond donors (Lipinski definition) is 0. The lowest BCUT2D eigenvalue weighted by atomic mass is 10.0. The fraction of sp³-hybridized carbons (Fsp3) is 0.143. The molecule has 0 aliphatic heterocycles. The summed E-state index contributed by atoms with van der Waals surface area (Å²) in [6, 6.07) is 8.07. The molecule has 4 heteroatoms. The first-order chi connectivity index (χ1) is 8.50. The van der Waals surface area contributed by atoms with Crippen molar-refractivity contribution in [2.75, 3.05) is 0 Å². The lowest BCUT2D eigenvalue weighted by Gasteiger charge is -2.12. The van der Waals surface area contributed by atoms with Crippen molar-refractivity contribution in [2.24, 2.45) is 0 Å². The van der Waals surface area contributed by atoms with Crippen molar-refractivity contribution in [1.29, 1.82) is 0 Å². The minimum atomic E-state index is -0.973. The van der Waals surface area contributed by atoms with Gasteiger partial charge in [0.2, 0.25) is 0 Å². The van der Waals surface area contributed by atoms with Crippen LogP contribution in [0.15, 0.2) is 36.4 Å². The first-order valence-corrected chi connectivity index (χ1v) is 5.78. The molecule has 0 spiro atoms. The van der Waals surface area contributed by atoms with Gasteiger partial charge in [0.25, 0.3) is 0 Å². The third-order valence-electron chi connectivity index (χ3n) is 2.73. The summed E-state index contributed by atoms with van der Waals surface area (Å²) in [6.07, 6.45) is 0. The summed E-state index contributed by atoms with van der Waals surface area (Å²) in [4.78, 5) is 0. The van der Waals surface area contributed by atoms with Crippen LogP contribution in [-0.2, 0) is 0 Å². The summed E-state index contributed by atoms with van der Waals surface area (Å²) in [6.45, 7) is 1.59. The van der Waals surface area contributed by atoms with Gasteiger partial charge in [0, 0.05) is 5.56 Å². The minimum absolute atomic E-state index is 0.0441. The van der Waals surface area contributed by atoms with Crippen molar-refractivity contribution in [1.82, 2.24) is 0 Å². The summed E-state index contributed by atoms with van der Waals surface area (Å²) < 4.78 is 39.8. The number of halogens is 4. The average molecular weight is 271 g/mol. The Morgan fingerprint density at radius 3 is 2.39 bits per heavy atom. The Morgan fingerprint density at radius 1 is 1.00 bits per heavy atom. The zero-order valence-corrected chi connectivity index (χ0v) is 10.3. The van der Waals surface area contributed by atoms with Crippen LogP contribution in [0, 0.1) is 24.4 Å². The Balaban J connectivity index is 2.44. The number of alkyl halides is 1. The molecule has 1 unspecified atom stereocenters. The normalized spacial score (nSPS) is 12.5. The largest absolute Gasteiger partial charge is 0.207 e. The van der Waals surface area contributed by atoms with E-state index in [-0.39, 0.29) is 11.4 Å². The highest BCUT2D eigenvalue weighted by Crippen LogP contribution is 2.32. The Morgan fingerprint density at radius 2 is 1.72 bits per heavy atom. The fourth-order valence-electron chi connectivity index (χ4n) is 1.72. The van der Waals surface area contributed by atoms with Crippen LogP contribution in [0.1, 0.15) is 22.1 Å². The van der Waals surface area contributed by atoms with E-state index in [0.717, 1.165) is 6.07 Å². The second kappa shape index (κ2) is 5.02. The van der Waals surface area contributed by atoms with Crippen LogP contribution in [-0.4, -0.2) is 0 Å². The van der Waals surface area contributed by atoms with Gasteiger partial charge in [-0.2, -0.15) is 0 Å². The highest BCUT2D eigenvalue weighted by Gasteiger charge is 2.18. The van der Waals surface area contributed by atoms with Crippen molar-refractivity contribution >= 4 is 11.6 Å². The van der Waals surface area contributed by atoms with E-state index < -0.39 is 17.0 Å². The molecule has 0 amide bonds. The molecular formula is C14H10ClF3. The van der Waals surface area contributed by atoms with Gasteiger partial charge in [0.1, 0.15) is 5.82 Å². The topological polar surface area (TPSA) is 0 Å². The van der Waals surface area contributed by atoms with Crippen LogP contribution < -0.4 is 0 Å². The minimum Gasteiger partial charge on any atom is -0.207 e. The maximum absolute atomic E-state index is 13.6. The summed E-state index contributed by atoms with van der Waals surface area (Å²) in [5.74, 6) is -2.28. The third kappa shape index (κ3) is 2.36. The molecule has 0 heterocycles. The van der Waals surface area contributed by atoms with Crippen molar-refractivity contribution in [2.45, 2.75) is 12.3 Å². The summed E-state index contributed by atoms with van der Waals surface area (Å²) >= 11 is 6.10. The average Bonchev–Trinajstić information content (AvgIpc) is 2.35. The molecule has 0 saturated carbocycles. The van der Waals surface area contributed by atoms with Crippen LogP contribution in [0.3, 0.4) is 0 Å². The smallest absolute Gasteiger partial charge is 0.163 e. The first-order valence-electron chi connectivity index (χ1n) is 5.34. The van der Waals surface area contributed by atoms with E-state index in [1.165, 1.54) is 30.3 Å². The van der Waals surface area contributed by atoms with E-state index >= 15 is 0 Å². The number of aryl methyl sites for hydroxylation is 1. The van der Waals surface area contributed by atoms with Crippen molar-refractivity contribution in [3.05, 3.63) is 70.5 Å². The van der Waals surface area contributed by atoms with Crippen molar-refractivity contribution in [3.63, 3.8) is 0 Å². The van der Waals surface area contributed by atoms with Gasteiger partial charge < -0.3 is 0 Å². The summed E-state index contributed by atoms with van der Waals surface area (Å²) in [5.41, 5.74) is 0.984. The second-order valence-electron chi connectivity index (χ2n) is 4.01. The zero-order valence-electron chi connectivity index (χ0n) is 9.55. The molecule has 2 rings (SSSR count). The molecule has 2 aromatic carbocycles. The molecule has 0 aliphatic carbocycles. The zero-order chi connectivity index (χ0) is 13.3. The van der Waals surface area contributed by atoms with E-state index in [9.17, 15) is 13.2 Å². The fourth-order valence-corrected chi connectivity index (χ4v) is 2.03. The molecule has 0 bridgehead atoms. The molecule has 94 valence electrons. The van der Waals surface area contributed by atoms with E-state index in [0.29, 0.717) is 11.1 Å². The molecule has 0 N–H and O–H groups in total. The standard InChI is InChI=1S/C14H10ClF3/c1-8-7-9(5-6-11(8)16)13(15)10-3-2-4-12(17)14(10)18/h2-7,13H,1H3. The van der Waals surface area contributed by atoms with Crippen LogP contribution in [0.4, 0.5) is 13.2 Å². The Hall–Kier alpha value is -1.48. The third-order valence-corrected chi connectivity index (χ3v) is 3.22. The number of hydrogen-bond acceptors (Lipinski definition) is 0. The monoisotopic (exact) mass is 270 g/mol. The quantitative estimate of drug-likeness (QED) is 0.692. The maximum atomic E-state index is 13.6. The molecule has 0 aromatic heterocycles. The predicted octanol–water partition coefficient (Wildman–Crippen LogP) is 4.74. The number of rotatable bonds is 2. The highest BCUT2D eigenvalue weighted by molar-refractivity contribution is 6.22. The summed E-state index contributed by atoms with van der Waals surface area (Å²) in [5, 5.41) is -0.847. The van der Waals surface area contributed by atoms with Gasteiger partial charge in [-0.25, -0.2) is 13.2 Å². The lowest BCUT2D eigenvalue weighted by molar-refractivity contribution is 0.500. The maximum Gasteiger partial charge on any atom is 0.163 e. The van der Waals surface area contributed by atoms with Crippen molar-refractivity contribution < 1.29 is 13.2 Å². The molecule has 0 nitrogen and oxygen atoms in total. The lowest BCUT2D eigenvalue weighted by Crippen LogP contribution is -2.00. The van der Waals surface area contributed by atoms with E-state index in [4.69, 9.17) is 11.6 Å². The SMILES string of the molecule is Cc1cc(C(Cl)c2cccc(F)c2F)ccc1F. The molecule has 0 fully saturated rings. The van der Waals surface area contributed by atoms with Crippen LogP contribution in [0.25, 0.3) is 0 Å². The summed E-state index contributed by atoms with van der Waals surface area (Å²) in [7, 11) is 0. The van der Waals surface area contributed by atoms with Gasteiger partial charge in [0.05, 0.1) is 5.38 Å². The van der Waals surface area contributed by atoms with Gasteiger partial charge in [0.15, 0.2) is 11.6 Å². The van der Waals surface area contributed by atoms with Gasteiger partial charge in [-0.1, -0.05) is 24.3 Å². The van der Waals surface area contributed by atoms with Gasteiger partial charge in [-0.3, -0.25) is 0 Å². The highest BCUT2D eigenvalue weighted by atomic mass is 35.5. The van der Waals surface area contributed by atoms with Gasteiger partial charge >= 0.3 is 0 Å². The van der Waals surface area contributed by atoms with Gasteiger partial charge in [-0.15, -0.1) is 11.6 Å². The van der Waals surface area contributed by atoms with Crippen LogP contribution in [0.2, 0.25) is 0 Å². The van der Waals surface area contributed by atoms with Crippen molar-refractivity contribution in [3.8, 4) is 0 Å². The number of benzene rings is 2. The molecule has 1 atom stereocenters. The first kappa shape index (κ1) is 13.0. The molecule has 0 saturated heterocycles. The van der Waals surface area contributed by atoms with Gasteiger partial charge in [-0.05, 0) is 30.2 Å². The second-order valence-corrected chi connectivity index (χ2v) is 4.45. The predicted molar refractivity (Wildman–Crippen MR) is 65.2 cm³/mol. The van der Waals surface area contributed by atoms with E-state index in [1.54, 1.807) is 6.92 Å². The molecule has 0 aliphatic rings. The van der Waals surface area contributed by atoms with Crippen LogP contribution in [0.5, 0.6) is 0 Å². The molecule has 18 heavy (non-hydrogen) atoms. The Kier molecular flexibility index (Phi) is 3.62. The molecule has 0 radical (unpaired) electrons. The molecular weight excluding hydrogens is 261 g/mol. The van der Waals surface area contributed by atoms with Crippen LogP contribution >= 0.6 is 11.6 Å². The Bertz CT molecular complexity index is 581. The Labute approximate surface area is 108 Å². The van der Waals surface area contributed by atoms with E-state index in [1.807, 2.05) is 0 Å².